The quantitative estimate of drug-likeness (QED) is 0.402. The van der Waals surface area contributed by atoms with Crippen LogP contribution in [0.5, 0.6) is 11.5 Å². The highest BCUT2D eigenvalue weighted by atomic mass is 19.4. The van der Waals surface area contributed by atoms with Crippen LogP contribution < -0.4 is 20.9 Å². The molecule has 4 N–H and O–H groups in total. The molecule has 12 heteroatoms. The number of hydrogen-bond donors (Lipinski definition) is 2. The number of nitrogens with two attached hydrogens (primary N) is 2. The number of rotatable bonds is 8. The average Bonchev–Trinajstić information content (AvgIpc) is 2.90. The van der Waals surface area contributed by atoms with Crippen LogP contribution in [0, 0.1) is 0 Å². The summed E-state index contributed by atoms with van der Waals surface area (Å²) in [6.07, 6.45) is 0.336. The van der Waals surface area contributed by atoms with Crippen molar-refractivity contribution in [3.05, 3.63) is 76.5 Å². The van der Waals surface area contributed by atoms with Crippen LogP contribution in [0.1, 0.15) is 46.7 Å². The molecule has 0 spiro atoms. The Bertz CT molecular complexity index is 1420. The van der Waals surface area contributed by atoms with Crippen LogP contribution in [-0.4, -0.2) is 47.5 Å². The average molecular weight is 541 g/mol. The summed E-state index contributed by atoms with van der Waals surface area (Å²) in [7, 11) is 2.94. The van der Waals surface area contributed by atoms with Gasteiger partial charge in [0.05, 0.1) is 26.5 Å². The number of fused-ring (bicyclic) bond motifs is 1. The highest BCUT2D eigenvalue weighted by molar-refractivity contribution is 5.95. The van der Waals surface area contributed by atoms with Crippen LogP contribution in [0.15, 0.2) is 53.8 Å². The second-order valence-electron chi connectivity index (χ2n) is 8.80. The van der Waals surface area contributed by atoms with Crippen molar-refractivity contribution < 1.29 is 27.4 Å². The summed E-state index contributed by atoms with van der Waals surface area (Å²) in [5.74, 6) is 0.480. The Kier molecular flexibility index (Phi) is 8.03. The number of aromatic nitrogens is 2. The minimum atomic E-state index is -4.37. The summed E-state index contributed by atoms with van der Waals surface area (Å²) < 4.78 is 50.2. The van der Waals surface area contributed by atoms with Crippen LogP contribution >= 0.6 is 0 Å². The maximum absolute atomic E-state index is 13.2. The number of carbonyl (C=O) groups excluding carboxylic acids is 1. The van der Waals surface area contributed by atoms with Crippen LogP contribution in [-0.2, 0) is 11.2 Å². The molecule has 1 aromatic heterocycles. The minimum Gasteiger partial charge on any atom is -0.493 e. The van der Waals surface area contributed by atoms with Gasteiger partial charge in [0.15, 0.2) is 11.5 Å². The lowest BCUT2D eigenvalue weighted by atomic mass is 9.95. The van der Waals surface area contributed by atoms with E-state index in [1.165, 1.54) is 38.8 Å². The summed E-state index contributed by atoms with van der Waals surface area (Å²) in [5, 5.41) is 5.25. The number of hydrogen-bond acceptors (Lipinski definition) is 8. The normalized spacial score (nSPS) is 14.9. The molecule has 0 radical (unpaired) electrons. The molecule has 0 saturated heterocycles. The van der Waals surface area contributed by atoms with E-state index in [4.69, 9.17) is 20.9 Å². The van der Waals surface area contributed by atoms with E-state index in [0.29, 0.717) is 40.2 Å². The first-order valence-corrected chi connectivity index (χ1v) is 11.9. The van der Waals surface area contributed by atoms with Crippen molar-refractivity contribution in [3.63, 3.8) is 0 Å². The van der Waals surface area contributed by atoms with E-state index in [1.54, 1.807) is 36.4 Å². The number of amides is 1. The molecule has 0 saturated carbocycles. The fourth-order valence-corrected chi connectivity index (χ4v) is 4.36. The molecule has 1 amide bonds. The van der Waals surface area contributed by atoms with E-state index < -0.39 is 24.5 Å². The van der Waals surface area contributed by atoms with E-state index in [2.05, 4.69) is 15.1 Å². The molecule has 0 aliphatic carbocycles. The fraction of sp³-hybridized carbons (Fsp3) is 0.259. The zero-order valence-electron chi connectivity index (χ0n) is 21.3. The Morgan fingerprint density at radius 2 is 1.92 bits per heavy atom. The molecule has 0 fully saturated rings. The Balaban J connectivity index is 1.64. The summed E-state index contributed by atoms with van der Waals surface area (Å²) in [5.41, 5.74) is 14.7. The number of alkyl halides is 3. The lowest BCUT2D eigenvalue weighted by molar-refractivity contribution is -0.142. The largest absolute Gasteiger partial charge is 0.493 e. The molecule has 3 aromatic rings. The first kappa shape index (κ1) is 27.4. The summed E-state index contributed by atoms with van der Waals surface area (Å²) >= 11 is 0. The van der Waals surface area contributed by atoms with Crippen molar-refractivity contribution in [2.45, 2.75) is 31.5 Å². The molecular formula is C27H27F3N6O3. The van der Waals surface area contributed by atoms with Crippen molar-refractivity contribution in [2.24, 2.45) is 5.10 Å². The van der Waals surface area contributed by atoms with Gasteiger partial charge in [-0.1, -0.05) is 24.3 Å². The molecule has 204 valence electrons. The third kappa shape index (κ3) is 6.46. The van der Waals surface area contributed by atoms with Gasteiger partial charge in [-0.05, 0) is 41.3 Å². The lowest BCUT2D eigenvalue weighted by Gasteiger charge is -2.31. The molecule has 2 aromatic carbocycles. The number of hydrazone groups is 1. The number of benzene rings is 2. The zero-order valence-corrected chi connectivity index (χ0v) is 21.3. The van der Waals surface area contributed by atoms with Gasteiger partial charge in [0.25, 0.3) is 5.91 Å². The van der Waals surface area contributed by atoms with Crippen molar-refractivity contribution >= 4 is 30.0 Å². The first-order valence-electron chi connectivity index (χ1n) is 11.9. The molecule has 1 aliphatic rings. The van der Waals surface area contributed by atoms with Gasteiger partial charge in [-0.3, -0.25) is 4.79 Å². The van der Waals surface area contributed by atoms with E-state index in [1.807, 2.05) is 0 Å². The Hall–Kier alpha value is -4.61. The SMILES string of the molecule is COc1cc(Cc2cnc(N)nc2N)cc(/C=C/C(=O)N2N=Cc3ccccc3C2CCC(F)(F)F)c1OC. The van der Waals surface area contributed by atoms with Gasteiger partial charge in [-0.2, -0.15) is 23.3 Å². The molecule has 39 heavy (non-hydrogen) atoms. The summed E-state index contributed by atoms with van der Waals surface area (Å²) in [6.45, 7) is 0. The third-order valence-electron chi connectivity index (χ3n) is 6.18. The minimum absolute atomic E-state index is 0.0576. The van der Waals surface area contributed by atoms with Gasteiger partial charge in [-0.15, -0.1) is 0 Å². The van der Waals surface area contributed by atoms with Crippen LogP contribution in [0.25, 0.3) is 6.08 Å². The zero-order chi connectivity index (χ0) is 28.2. The summed E-state index contributed by atoms with van der Waals surface area (Å²) in [6, 6.07) is 9.59. The number of nitrogen functional groups attached to an aromatic ring is 2. The van der Waals surface area contributed by atoms with Crippen molar-refractivity contribution in [3.8, 4) is 11.5 Å². The molecule has 9 nitrogen and oxygen atoms in total. The predicted molar refractivity (Wildman–Crippen MR) is 141 cm³/mol. The number of halogens is 3. The number of anilines is 2. The molecule has 2 heterocycles. The molecule has 1 unspecified atom stereocenters. The molecular weight excluding hydrogens is 513 g/mol. The number of nitrogens with zero attached hydrogens (tertiary/aromatic N) is 4. The van der Waals surface area contributed by atoms with E-state index in [-0.39, 0.29) is 18.2 Å². The highest BCUT2D eigenvalue weighted by Gasteiger charge is 2.34. The van der Waals surface area contributed by atoms with Crippen molar-refractivity contribution in [2.75, 3.05) is 25.7 Å². The van der Waals surface area contributed by atoms with Crippen molar-refractivity contribution in [1.29, 1.82) is 0 Å². The third-order valence-corrected chi connectivity index (χ3v) is 6.18. The van der Waals surface area contributed by atoms with E-state index in [0.717, 1.165) is 10.6 Å². The van der Waals surface area contributed by atoms with Gasteiger partial charge in [0.1, 0.15) is 5.82 Å². The van der Waals surface area contributed by atoms with Crippen LogP contribution in [0.3, 0.4) is 0 Å². The smallest absolute Gasteiger partial charge is 0.389 e. The second kappa shape index (κ2) is 11.4. The Morgan fingerprint density at radius 3 is 2.62 bits per heavy atom. The number of methoxy groups -OCH3 is 2. The van der Waals surface area contributed by atoms with Crippen LogP contribution in [0.4, 0.5) is 24.9 Å². The molecule has 1 aliphatic heterocycles. The van der Waals surface area contributed by atoms with Gasteiger partial charge >= 0.3 is 6.18 Å². The molecule has 4 rings (SSSR count). The first-order chi connectivity index (χ1) is 18.6. The fourth-order valence-electron chi connectivity index (χ4n) is 4.36. The summed E-state index contributed by atoms with van der Waals surface area (Å²) in [4.78, 5) is 21.2. The van der Waals surface area contributed by atoms with E-state index >= 15 is 0 Å². The highest BCUT2D eigenvalue weighted by Crippen LogP contribution is 2.37. The van der Waals surface area contributed by atoms with Crippen LogP contribution in [0.2, 0.25) is 0 Å². The van der Waals surface area contributed by atoms with Crippen molar-refractivity contribution in [1.82, 2.24) is 15.0 Å². The monoisotopic (exact) mass is 540 g/mol. The Labute approximate surface area is 222 Å². The lowest BCUT2D eigenvalue weighted by Crippen LogP contribution is -2.33. The van der Waals surface area contributed by atoms with Gasteiger partial charge in [0.2, 0.25) is 5.95 Å². The van der Waals surface area contributed by atoms with E-state index in [9.17, 15) is 18.0 Å². The predicted octanol–water partition coefficient (Wildman–Crippen LogP) is 4.52. The second-order valence-corrected chi connectivity index (χ2v) is 8.80. The number of ether oxygens (including phenoxy) is 2. The standard InChI is InChI=1S/C27H27F3N6O3/c1-38-22-13-16(12-19-14-33-26(32)35-25(19)31)11-17(24(22)39-2)7-8-23(37)36-21(9-10-27(28,29)30)20-6-4-3-5-18(20)15-34-36/h3-8,11,13-15,21H,9-10,12H2,1-2H3,(H4,31,32,33,35)/b8-7+. The number of carbonyl (C=O) groups is 1. The topological polar surface area (TPSA) is 129 Å². The van der Waals surface area contributed by atoms with Gasteiger partial charge < -0.3 is 20.9 Å². The Morgan fingerprint density at radius 1 is 1.15 bits per heavy atom. The molecule has 1 atom stereocenters. The van der Waals surface area contributed by atoms with Gasteiger partial charge in [-0.25, -0.2) is 9.99 Å². The maximum Gasteiger partial charge on any atom is 0.389 e. The van der Waals surface area contributed by atoms with Gasteiger partial charge in [0, 0.05) is 36.2 Å². The molecule has 0 bridgehead atoms. The maximum atomic E-state index is 13.2.